The minimum Gasteiger partial charge on any atom is -0.489 e. The van der Waals surface area contributed by atoms with Gasteiger partial charge in [-0.25, -0.2) is 4.68 Å². The van der Waals surface area contributed by atoms with Crippen LogP contribution in [-0.4, -0.2) is 20.8 Å². The molecule has 2 aromatic heterocycles. The number of aryl methyl sites for hydroxylation is 4. The molecule has 0 aliphatic carbocycles. The zero-order valence-electron chi connectivity index (χ0n) is 18.9. The lowest BCUT2D eigenvalue weighted by Gasteiger charge is -2.09. The molecule has 4 aromatic rings. The van der Waals surface area contributed by atoms with Gasteiger partial charge in [-0.2, -0.15) is 5.10 Å². The highest BCUT2D eigenvalue weighted by atomic mass is 16.5. The molecular weight excluding hydrogens is 404 g/mol. The summed E-state index contributed by atoms with van der Waals surface area (Å²) in [5, 5.41) is 11.5. The van der Waals surface area contributed by atoms with E-state index in [0.29, 0.717) is 23.6 Å². The van der Waals surface area contributed by atoms with Crippen LogP contribution in [0, 0.1) is 34.6 Å². The van der Waals surface area contributed by atoms with Crippen molar-refractivity contribution in [1.82, 2.24) is 14.9 Å². The Morgan fingerprint density at radius 3 is 2.28 bits per heavy atom. The third kappa shape index (κ3) is 4.27. The standard InChI is InChI=1S/C25H26N4O3/c1-15-6-10-21(11-7-15)29-18(4)24(17(3)27-29)26-25(30)20-8-12-22(13-9-20)31-14-23-16(2)28-32-19(23)5/h6-13H,14H2,1-5H3,(H,26,30). The quantitative estimate of drug-likeness (QED) is 0.453. The van der Waals surface area contributed by atoms with Gasteiger partial charge in [-0.05, 0) is 71.0 Å². The van der Waals surface area contributed by atoms with Crippen molar-refractivity contribution in [2.45, 2.75) is 41.2 Å². The van der Waals surface area contributed by atoms with Gasteiger partial charge in [0.2, 0.25) is 0 Å². The largest absolute Gasteiger partial charge is 0.489 e. The smallest absolute Gasteiger partial charge is 0.255 e. The van der Waals surface area contributed by atoms with Gasteiger partial charge in [-0.1, -0.05) is 22.9 Å². The van der Waals surface area contributed by atoms with Gasteiger partial charge in [0, 0.05) is 5.56 Å². The van der Waals surface area contributed by atoms with Crippen LogP contribution in [0.1, 0.15) is 44.3 Å². The average molecular weight is 431 g/mol. The van der Waals surface area contributed by atoms with Crippen LogP contribution in [-0.2, 0) is 6.61 Å². The van der Waals surface area contributed by atoms with Crippen molar-refractivity contribution in [3.63, 3.8) is 0 Å². The topological polar surface area (TPSA) is 82.2 Å². The Balaban J connectivity index is 1.45. The summed E-state index contributed by atoms with van der Waals surface area (Å²) in [5.41, 5.74) is 6.78. The van der Waals surface area contributed by atoms with Crippen molar-refractivity contribution >= 4 is 11.6 Å². The molecule has 1 N–H and O–H groups in total. The number of carbonyl (C=O) groups excluding carboxylic acids is 1. The molecule has 0 bridgehead atoms. The molecule has 7 nitrogen and oxygen atoms in total. The highest BCUT2D eigenvalue weighted by Gasteiger charge is 2.16. The second kappa shape index (κ2) is 8.70. The summed E-state index contributed by atoms with van der Waals surface area (Å²) >= 11 is 0. The van der Waals surface area contributed by atoms with Crippen LogP contribution >= 0.6 is 0 Å². The molecule has 0 saturated carbocycles. The minimum atomic E-state index is -0.197. The molecule has 0 saturated heterocycles. The van der Waals surface area contributed by atoms with Crippen molar-refractivity contribution in [3.8, 4) is 11.4 Å². The van der Waals surface area contributed by atoms with E-state index in [0.717, 1.165) is 34.1 Å². The molecule has 2 heterocycles. The predicted molar refractivity (Wildman–Crippen MR) is 122 cm³/mol. The van der Waals surface area contributed by atoms with E-state index in [1.54, 1.807) is 24.3 Å². The molecule has 0 unspecified atom stereocenters. The molecule has 0 spiro atoms. The summed E-state index contributed by atoms with van der Waals surface area (Å²) < 4.78 is 12.8. The Morgan fingerprint density at radius 1 is 0.969 bits per heavy atom. The zero-order chi connectivity index (χ0) is 22.8. The van der Waals surface area contributed by atoms with Crippen LogP contribution in [0.25, 0.3) is 5.69 Å². The fourth-order valence-electron chi connectivity index (χ4n) is 3.51. The molecule has 164 valence electrons. The second-order valence-electron chi connectivity index (χ2n) is 7.86. The van der Waals surface area contributed by atoms with Gasteiger partial charge in [0.15, 0.2) is 0 Å². The van der Waals surface area contributed by atoms with E-state index in [1.807, 2.05) is 63.6 Å². The number of benzene rings is 2. The summed E-state index contributed by atoms with van der Waals surface area (Å²) in [6, 6.07) is 15.2. The van der Waals surface area contributed by atoms with E-state index in [4.69, 9.17) is 9.26 Å². The van der Waals surface area contributed by atoms with Crippen LogP contribution in [0.3, 0.4) is 0 Å². The van der Waals surface area contributed by atoms with Crippen LogP contribution in [0.4, 0.5) is 5.69 Å². The minimum absolute atomic E-state index is 0.197. The maximum Gasteiger partial charge on any atom is 0.255 e. The Labute approximate surface area is 187 Å². The summed E-state index contributed by atoms with van der Waals surface area (Å²) in [4.78, 5) is 12.8. The maximum atomic E-state index is 12.8. The van der Waals surface area contributed by atoms with Crippen molar-refractivity contribution in [3.05, 3.63) is 88.1 Å². The summed E-state index contributed by atoms with van der Waals surface area (Å²) in [6.07, 6.45) is 0. The van der Waals surface area contributed by atoms with Crippen LogP contribution in [0.2, 0.25) is 0 Å². The number of amides is 1. The third-order valence-electron chi connectivity index (χ3n) is 5.49. The first-order valence-corrected chi connectivity index (χ1v) is 10.4. The van der Waals surface area contributed by atoms with Crippen LogP contribution < -0.4 is 10.1 Å². The highest BCUT2D eigenvalue weighted by Crippen LogP contribution is 2.24. The first-order valence-electron chi connectivity index (χ1n) is 10.4. The Hall–Kier alpha value is -3.87. The average Bonchev–Trinajstić information content (AvgIpc) is 3.25. The Morgan fingerprint density at radius 2 is 1.66 bits per heavy atom. The molecule has 0 radical (unpaired) electrons. The molecule has 32 heavy (non-hydrogen) atoms. The number of nitrogens with one attached hydrogen (secondary N) is 1. The Kier molecular flexibility index (Phi) is 5.81. The van der Waals surface area contributed by atoms with Crippen molar-refractivity contribution in [2.75, 3.05) is 5.32 Å². The lowest BCUT2D eigenvalue weighted by molar-refractivity contribution is 0.102. The number of rotatable bonds is 6. The number of anilines is 1. The van der Waals surface area contributed by atoms with E-state index in [9.17, 15) is 4.79 Å². The van der Waals surface area contributed by atoms with Crippen LogP contribution in [0.5, 0.6) is 5.75 Å². The van der Waals surface area contributed by atoms with Crippen molar-refractivity contribution in [2.24, 2.45) is 0 Å². The van der Waals surface area contributed by atoms with E-state index in [2.05, 4.69) is 15.6 Å². The van der Waals surface area contributed by atoms with Gasteiger partial charge in [0.1, 0.15) is 18.1 Å². The lowest BCUT2D eigenvalue weighted by Crippen LogP contribution is -2.13. The number of carbonyl (C=O) groups is 1. The number of aromatic nitrogens is 3. The molecule has 7 heteroatoms. The number of hydrogen-bond acceptors (Lipinski definition) is 5. The monoisotopic (exact) mass is 430 g/mol. The second-order valence-corrected chi connectivity index (χ2v) is 7.86. The summed E-state index contributed by atoms with van der Waals surface area (Å²) in [5.74, 6) is 1.22. The summed E-state index contributed by atoms with van der Waals surface area (Å²) in [6.45, 7) is 9.98. The van der Waals surface area contributed by atoms with Gasteiger partial charge in [-0.3, -0.25) is 4.79 Å². The van der Waals surface area contributed by atoms with E-state index >= 15 is 0 Å². The number of ether oxygens (including phenoxy) is 1. The summed E-state index contributed by atoms with van der Waals surface area (Å²) in [7, 11) is 0. The molecule has 4 rings (SSSR count). The maximum absolute atomic E-state index is 12.8. The molecule has 1 amide bonds. The highest BCUT2D eigenvalue weighted by molar-refractivity contribution is 6.05. The Bertz CT molecular complexity index is 1230. The molecule has 0 fully saturated rings. The molecule has 0 atom stereocenters. The SMILES string of the molecule is Cc1ccc(-n2nc(C)c(NC(=O)c3ccc(OCc4c(C)noc4C)cc3)c2C)cc1. The lowest BCUT2D eigenvalue weighted by atomic mass is 10.2. The number of nitrogens with zero attached hydrogens (tertiary/aromatic N) is 3. The number of hydrogen-bond donors (Lipinski definition) is 1. The predicted octanol–water partition coefficient (Wildman–Crippen LogP) is 5.23. The first kappa shape index (κ1) is 21.4. The molecule has 2 aromatic carbocycles. The van der Waals surface area contributed by atoms with E-state index in [1.165, 1.54) is 5.56 Å². The molecular formula is C25H26N4O3. The zero-order valence-corrected chi connectivity index (χ0v) is 18.9. The van der Waals surface area contributed by atoms with Gasteiger partial charge < -0.3 is 14.6 Å². The van der Waals surface area contributed by atoms with Gasteiger partial charge in [0.25, 0.3) is 5.91 Å². The fraction of sp³-hybridized carbons (Fsp3) is 0.240. The third-order valence-corrected chi connectivity index (χ3v) is 5.49. The first-order chi connectivity index (χ1) is 15.3. The van der Waals surface area contributed by atoms with E-state index in [-0.39, 0.29) is 5.91 Å². The van der Waals surface area contributed by atoms with Gasteiger partial charge in [0.05, 0.1) is 34.0 Å². The van der Waals surface area contributed by atoms with Crippen molar-refractivity contribution in [1.29, 1.82) is 0 Å². The van der Waals surface area contributed by atoms with Gasteiger partial charge >= 0.3 is 0 Å². The molecule has 0 aliphatic rings. The van der Waals surface area contributed by atoms with Gasteiger partial charge in [-0.15, -0.1) is 0 Å². The van der Waals surface area contributed by atoms with Crippen molar-refractivity contribution < 1.29 is 14.1 Å². The normalized spacial score (nSPS) is 10.9. The van der Waals surface area contributed by atoms with E-state index < -0.39 is 0 Å². The van der Waals surface area contributed by atoms with Crippen LogP contribution in [0.15, 0.2) is 53.1 Å². The fourth-order valence-corrected chi connectivity index (χ4v) is 3.51. The molecule has 0 aliphatic heterocycles.